The average molecular weight is 335 g/mol. The Morgan fingerprint density at radius 2 is 1.57 bits per heavy atom. The zero-order valence-electron chi connectivity index (χ0n) is 11.8. The summed E-state index contributed by atoms with van der Waals surface area (Å²) in [5.41, 5.74) is 0.531. The Morgan fingerprint density at radius 1 is 1.10 bits per heavy atom. The lowest BCUT2D eigenvalue weighted by Crippen LogP contribution is -2.38. The molecular formula is C12H17NO6S2. The van der Waals surface area contributed by atoms with Gasteiger partial charge in [0.05, 0.1) is 4.90 Å². The number of carbonyl (C=O) groups is 1. The van der Waals surface area contributed by atoms with E-state index >= 15 is 0 Å². The molecule has 7 nitrogen and oxygen atoms in total. The molecule has 2 atom stereocenters. The van der Waals surface area contributed by atoms with Crippen LogP contribution in [0.4, 0.5) is 0 Å². The van der Waals surface area contributed by atoms with Crippen LogP contribution in [0.15, 0.2) is 29.2 Å². The van der Waals surface area contributed by atoms with E-state index in [1.807, 2.05) is 0 Å². The van der Waals surface area contributed by atoms with Gasteiger partial charge in [-0.25, -0.2) is 21.6 Å². The van der Waals surface area contributed by atoms with Crippen molar-refractivity contribution in [3.8, 4) is 0 Å². The fraction of sp³-hybridized carbons (Fsp3) is 0.417. The lowest BCUT2D eigenvalue weighted by Gasteiger charge is -2.17. The second-order valence-electron chi connectivity index (χ2n) is 4.71. The van der Waals surface area contributed by atoms with Gasteiger partial charge < -0.3 is 5.11 Å². The van der Waals surface area contributed by atoms with E-state index in [2.05, 4.69) is 4.72 Å². The number of benzene rings is 1. The molecular weight excluding hydrogens is 318 g/mol. The van der Waals surface area contributed by atoms with Crippen LogP contribution in [0, 0.1) is 0 Å². The zero-order valence-corrected chi connectivity index (χ0v) is 13.4. The van der Waals surface area contributed by atoms with Gasteiger partial charge in [-0.05, 0) is 31.5 Å². The molecule has 0 aliphatic heterocycles. The predicted octanol–water partition coefficient (Wildman–Crippen LogP) is 0.544. The molecule has 0 bridgehead atoms. The van der Waals surface area contributed by atoms with Crippen molar-refractivity contribution in [2.45, 2.75) is 30.0 Å². The Morgan fingerprint density at radius 3 is 1.95 bits per heavy atom. The SMILES string of the molecule is CC(NS(=O)(=O)C(C)C(=O)O)c1ccc(S(C)(=O)=O)cc1. The molecule has 0 amide bonds. The zero-order chi connectivity index (χ0) is 16.4. The van der Waals surface area contributed by atoms with Gasteiger partial charge in [-0.15, -0.1) is 0 Å². The molecule has 9 heteroatoms. The van der Waals surface area contributed by atoms with Crippen LogP contribution in [0.3, 0.4) is 0 Å². The lowest BCUT2D eigenvalue weighted by atomic mass is 10.1. The number of nitrogens with one attached hydrogen (secondary N) is 1. The molecule has 118 valence electrons. The number of carboxylic acids is 1. The third-order valence-electron chi connectivity index (χ3n) is 2.96. The molecule has 0 aliphatic carbocycles. The molecule has 1 aromatic carbocycles. The highest BCUT2D eigenvalue weighted by Gasteiger charge is 2.29. The van der Waals surface area contributed by atoms with Gasteiger partial charge in [0, 0.05) is 12.3 Å². The third-order valence-corrected chi connectivity index (χ3v) is 5.91. The summed E-state index contributed by atoms with van der Waals surface area (Å²) in [5.74, 6) is -1.44. The van der Waals surface area contributed by atoms with Gasteiger partial charge in [0.1, 0.15) is 0 Å². The maximum absolute atomic E-state index is 11.8. The van der Waals surface area contributed by atoms with E-state index in [4.69, 9.17) is 5.11 Å². The minimum absolute atomic E-state index is 0.125. The van der Waals surface area contributed by atoms with Gasteiger partial charge in [0.2, 0.25) is 10.0 Å². The summed E-state index contributed by atoms with van der Waals surface area (Å²) >= 11 is 0. The molecule has 0 spiro atoms. The summed E-state index contributed by atoms with van der Waals surface area (Å²) in [7, 11) is -7.33. The monoisotopic (exact) mass is 335 g/mol. The van der Waals surface area contributed by atoms with Crippen LogP contribution in [-0.4, -0.2) is 39.4 Å². The first-order valence-corrected chi connectivity index (χ1v) is 9.43. The molecule has 0 aromatic heterocycles. The van der Waals surface area contributed by atoms with Crippen LogP contribution >= 0.6 is 0 Å². The number of aliphatic carboxylic acids is 1. The normalized spacial score (nSPS) is 15.4. The summed E-state index contributed by atoms with van der Waals surface area (Å²) < 4.78 is 48.5. The minimum Gasteiger partial charge on any atom is -0.480 e. The van der Waals surface area contributed by atoms with E-state index in [1.165, 1.54) is 24.3 Å². The fourth-order valence-electron chi connectivity index (χ4n) is 1.55. The van der Waals surface area contributed by atoms with Gasteiger partial charge in [-0.1, -0.05) is 12.1 Å². The molecule has 0 heterocycles. The molecule has 0 fully saturated rings. The molecule has 0 radical (unpaired) electrons. The van der Waals surface area contributed by atoms with Gasteiger partial charge in [-0.2, -0.15) is 0 Å². The first kappa shape index (κ1) is 17.6. The molecule has 0 aliphatic rings. The number of rotatable bonds is 6. The summed E-state index contributed by atoms with van der Waals surface area (Å²) in [6.45, 7) is 2.62. The molecule has 2 N–H and O–H groups in total. The summed E-state index contributed by atoms with van der Waals surface area (Å²) in [6.07, 6.45) is 1.07. The van der Waals surface area contributed by atoms with E-state index in [1.54, 1.807) is 6.92 Å². The van der Waals surface area contributed by atoms with E-state index in [0.29, 0.717) is 5.56 Å². The quantitative estimate of drug-likeness (QED) is 0.783. The van der Waals surface area contributed by atoms with Crippen LogP contribution in [0.5, 0.6) is 0 Å². The number of sulfonamides is 1. The Bertz CT molecular complexity index is 722. The predicted molar refractivity (Wildman–Crippen MR) is 77.1 cm³/mol. The fourth-order valence-corrected chi connectivity index (χ4v) is 3.28. The van der Waals surface area contributed by atoms with Gasteiger partial charge >= 0.3 is 5.97 Å². The Kier molecular flexibility index (Phi) is 5.13. The first-order valence-electron chi connectivity index (χ1n) is 5.99. The first-order chi connectivity index (χ1) is 9.45. The third kappa shape index (κ3) is 4.51. The van der Waals surface area contributed by atoms with Crippen molar-refractivity contribution in [3.05, 3.63) is 29.8 Å². The molecule has 1 aromatic rings. The summed E-state index contributed by atoms with van der Waals surface area (Å²) in [4.78, 5) is 10.9. The van der Waals surface area contributed by atoms with E-state index in [-0.39, 0.29) is 4.90 Å². The topological polar surface area (TPSA) is 118 Å². The Hall–Kier alpha value is -1.45. The molecule has 0 saturated carbocycles. The van der Waals surface area contributed by atoms with Crippen molar-refractivity contribution in [2.24, 2.45) is 0 Å². The average Bonchev–Trinajstić information content (AvgIpc) is 2.36. The molecule has 2 unspecified atom stereocenters. The van der Waals surface area contributed by atoms with Crippen LogP contribution in [-0.2, 0) is 24.7 Å². The van der Waals surface area contributed by atoms with Crippen LogP contribution in [0.1, 0.15) is 25.5 Å². The second kappa shape index (κ2) is 6.12. The van der Waals surface area contributed by atoms with E-state index < -0.39 is 37.1 Å². The number of sulfone groups is 1. The maximum Gasteiger partial charge on any atom is 0.323 e. The number of hydrogen-bond acceptors (Lipinski definition) is 5. The highest BCUT2D eigenvalue weighted by atomic mass is 32.2. The number of hydrogen-bond donors (Lipinski definition) is 2. The summed E-state index contributed by atoms with van der Waals surface area (Å²) in [6, 6.07) is 5.03. The van der Waals surface area contributed by atoms with Gasteiger partial charge in [0.15, 0.2) is 15.1 Å². The molecule has 21 heavy (non-hydrogen) atoms. The van der Waals surface area contributed by atoms with Crippen LogP contribution in [0.2, 0.25) is 0 Å². The van der Waals surface area contributed by atoms with Crippen molar-refractivity contribution in [1.29, 1.82) is 0 Å². The number of carboxylic acid groups (broad SMARTS) is 1. The van der Waals surface area contributed by atoms with Crippen molar-refractivity contribution in [2.75, 3.05) is 6.26 Å². The minimum atomic E-state index is -4.01. The Labute approximate surface area is 124 Å². The highest BCUT2D eigenvalue weighted by molar-refractivity contribution is 7.91. The van der Waals surface area contributed by atoms with Gasteiger partial charge in [-0.3, -0.25) is 4.79 Å². The molecule has 0 saturated heterocycles. The second-order valence-corrected chi connectivity index (χ2v) is 8.75. The van der Waals surface area contributed by atoms with E-state index in [9.17, 15) is 21.6 Å². The van der Waals surface area contributed by atoms with Gasteiger partial charge in [0.25, 0.3) is 0 Å². The molecule has 1 rings (SSSR count). The summed E-state index contributed by atoms with van der Waals surface area (Å²) in [5, 5.41) is 7.17. The van der Waals surface area contributed by atoms with Crippen LogP contribution < -0.4 is 4.72 Å². The van der Waals surface area contributed by atoms with Crippen LogP contribution in [0.25, 0.3) is 0 Å². The maximum atomic E-state index is 11.8. The van der Waals surface area contributed by atoms with Crippen molar-refractivity contribution < 1.29 is 26.7 Å². The highest BCUT2D eigenvalue weighted by Crippen LogP contribution is 2.17. The van der Waals surface area contributed by atoms with Crippen molar-refractivity contribution in [1.82, 2.24) is 4.72 Å². The van der Waals surface area contributed by atoms with E-state index in [0.717, 1.165) is 13.2 Å². The lowest BCUT2D eigenvalue weighted by molar-refractivity contribution is -0.136. The van der Waals surface area contributed by atoms with Crippen molar-refractivity contribution >= 4 is 25.8 Å². The standard InChI is InChI=1S/C12H17NO6S2/c1-8(13-21(18,19)9(2)12(14)15)10-4-6-11(7-5-10)20(3,16)17/h4-9,13H,1-3H3,(H,14,15). The smallest absolute Gasteiger partial charge is 0.323 e. The van der Waals surface area contributed by atoms with Crippen molar-refractivity contribution in [3.63, 3.8) is 0 Å². The Balaban J connectivity index is 2.95. The largest absolute Gasteiger partial charge is 0.480 e.